The number of fused-ring (bicyclic) bond motifs is 1. The second-order valence-electron chi connectivity index (χ2n) is 6.65. The van der Waals surface area contributed by atoms with E-state index in [1.165, 1.54) is 28.2 Å². The Morgan fingerprint density at radius 2 is 1.90 bits per heavy atom. The highest BCUT2D eigenvalue weighted by Gasteiger charge is 2.26. The summed E-state index contributed by atoms with van der Waals surface area (Å²) in [7, 11) is -3.78. The highest BCUT2D eigenvalue weighted by atomic mass is 35.5. The van der Waals surface area contributed by atoms with E-state index in [1.54, 1.807) is 38.1 Å². The van der Waals surface area contributed by atoms with Crippen molar-refractivity contribution in [3.8, 4) is 0 Å². The van der Waals surface area contributed by atoms with Gasteiger partial charge in [0.1, 0.15) is 4.90 Å². The Labute approximate surface area is 185 Å². The molecule has 1 aliphatic rings. The zero-order valence-electron chi connectivity index (χ0n) is 16.7. The van der Waals surface area contributed by atoms with Gasteiger partial charge >= 0.3 is 0 Å². The van der Waals surface area contributed by atoms with Crippen molar-refractivity contribution in [2.75, 3.05) is 23.7 Å². The van der Waals surface area contributed by atoms with E-state index in [0.29, 0.717) is 30.0 Å². The van der Waals surface area contributed by atoms with Crippen LogP contribution in [0, 0.1) is 0 Å². The first-order valence-electron chi connectivity index (χ1n) is 9.40. The highest BCUT2D eigenvalue weighted by molar-refractivity contribution is 8.01. The molecule has 160 valence electrons. The normalized spacial score (nSPS) is 16.2. The van der Waals surface area contributed by atoms with Gasteiger partial charge in [-0.1, -0.05) is 25.4 Å². The minimum Gasteiger partial charge on any atom is -0.324 e. The van der Waals surface area contributed by atoms with Crippen molar-refractivity contribution >= 4 is 56.6 Å². The molecule has 2 amide bonds. The number of benzene rings is 2. The van der Waals surface area contributed by atoms with Gasteiger partial charge in [0.25, 0.3) is 5.91 Å². The largest absolute Gasteiger partial charge is 0.324 e. The first kappa shape index (κ1) is 22.6. The SMILES string of the molecule is CCN(CC)S(=O)(=O)c1cc(NC(=O)c2ccc3c(c2)NC(=O)[C@@H](C)S3)ccc1Cl. The molecular weight excluding hydrogens is 446 g/mol. The van der Waals surface area contributed by atoms with Crippen molar-refractivity contribution in [2.45, 2.75) is 35.8 Å². The molecule has 0 fully saturated rings. The summed E-state index contributed by atoms with van der Waals surface area (Å²) < 4.78 is 27.0. The quantitative estimate of drug-likeness (QED) is 0.668. The second-order valence-corrected chi connectivity index (χ2v) is 10.3. The van der Waals surface area contributed by atoms with E-state index < -0.39 is 15.9 Å². The summed E-state index contributed by atoms with van der Waals surface area (Å²) in [5, 5.41) is 5.38. The van der Waals surface area contributed by atoms with Crippen LogP contribution < -0.4 is 10.6 Å². The number of nitrogens with one attached hydrogen (secondary N) is 2. The Bertz CT molecular complexity index is 1100. The molecule has 0 radical (unpaired) electrons. The van der Waals surface area contributed by atoms with E-state index >= 15 is 0 Å². The van der Waals surface area contributed by atoms with Gasteiger partial charge in [0.05, 0.1) is 16.0 Å². The van der Waals surface area contributed by atoms with Gasteiger partial charge in [0, 0.05) is 29.2 Å². The summed E-state index contributed by atoms with van der Waals surface area (Å²) in [6.07, 6.45) is 0. The lowest BCUT2D eigenvalue weighted by atomic mass is 10.1. The monoisotopic (exact) mass is 467 g/mol. The second kappa shape index (κ2) is 8.97. The first-order chi connectivity index (χ1) is 14.2. The lowest BCUT2D eigenvalue weighted by Crippen LogP contribution is -2.30. The molecule has 1 aliphatic heterocycles. The van der Waals surface area contributed by atoms with E-state index in [4.69, 9.17) is 11.6 Å². The Morgan fingerprint density at radius 1 is 1.20 bits per heavy atom. The number of amides is 2. The lowest BCUT2D eigenvalue weighted by molar-refractivity contribution is -0.115. The topological polar surface area (TPSA) is 95.6 Å². The minimum atomic E-state index is -3.78. The van der Waals surface area contributed by atoms with Crippen LogP contribution in [0.25, 0.3) is 0 Å². The Hall–Kier alpha value is -2.07. The molecule has 2 aromatic rings. The third kappa shape index (κ3) is 4.49. The maximum Gasteiger partial charge on any atom is 0.255 e. The smallest absolute Gasteiger partial charge is 0.255 e. The molecule has 1 atom stereocenters. The van der Waals surface area contributed by atoms with Crippen LogP contribution in [-0.4, -0.2) is 42.9 Å². The van der Waals surface area contributed by atoms with Crippen LogP contribution in [0.15, 0.2) is 46.2 Å². The summed E-state index contributed by atoms with van der Waals surface area (Å²) >= 11 is 7.56. The molecule has 30 heavy (non-hydrogen) atoms. The molecule has 0 aromatic heterocycles. The summed E-state index contributed by atoms with van der Waals surface area (Å²) in [4.78, 5) is 25.4. The number of anilines is 2. The highest BCUT2D eigenvalue weighted by Crippen LogP contribution is 2.36. The van der Waals surface area contributed by atoms with Gasteiger partial charge in [0.2, 0.25) is 15.9 Å². The fourth-order valence-corrected chi connectivity index (χ4v) is 5.92. The van der Waals surface area contributed by atoms with Crippen molar-refractivity contribution in [1.29, 1.82) is 0 Å². The summed E-state index contributed by atoms with van der Waals surface area (Å²) in [5.74, 6) is -0.543. The predicted molar refractivity (Wildman–Crippen MR) is 120 cm³/mol. The average Bonchev–Trinajstić information content (AvgIpc) is 2.70. The third-order valence-electron chi connectivity index (χ3n) is 4.68. The van der Waals surface area contributed by atoms with Gasteiger partial charge in [0.15, 0.2) is 0 Å². The number of sulfonamides is 1. The molecule has 2 N–H and O–H groups in total. The van der Waals surface area contributed by atoms with Crippen LogP contribution in [0.4, 0.5) is 11.4 Å². The number of carbonyl (C=O) groups is 2. The van der Waals surface area contributed by atoms with Crippen LogP contribution in [0.1, 0.15) is 31.1 Å². The molecule has 3 rings (SSSR count). The van der Waals surface area contributed by atoms with Gasteiger partial charge in [-0.3, -0.25) is 9.59 Å². The number of carbonyl (C=O) groups excluding carboxylic acids is 2. The van der Waals surface area contributed by atoms with E-state index in [2.05, 4.69) is 10.6 Å². The zero-order valence-corrected chi connectivity index (χ0v) is 19.1. The van der Waals surface area contributed by atoms with E-state index in [9.17, 15) is 18.0 Å². The molecule has 10 heteroatoms. The molecule has 0 unspecified atom stereocenters. The number of halogens is 1. The molecule has 7 nitrogen and oxygen atoms in total. The van der Waals surface area contributed by atoms with Gasteiger partial charge < -0.3 is 10.6 Å². The van der Waals surface area contributed by atoms with Gasteiger partial charge in [-0.25, -0.2) is 8.42 Å². The Morgan fingerprint density at radius 3 is 2.57 bits per heavy atom. The van der Waals surface area contributed by atoms with Gasteiger partial charge in [-0.05, 0) is 43.3 Å². The van der Waals surface area contributed by atoms with Crippen LogP contribution >= 0.6 is 23.4 Å². The Kier molecular flexibility index (Phi) is 6.76. The fraction of sp³-hybridized carbons (Fsp3) is 0.300. The molecule has 2 aromatic carbocycles. The summed E-state index contributed by atoms with van der Waals surface area (Å²) in [5.41, 5.74) is 1.23. The molecular formula is C20H22ClN3O4S2. The maximum absolute atomic E-state index is 12.8. The number of thioether (sulfide) groups is 1. The van der Waals surface area contributed by atoms with E-state index in [0.717, 1.165) is 4.90 Å². The van der Waals surface area contributed by atoms with Gasteiger partial charge in [-0.2, -0.15) is 4.31 Å². The number of hydrogen-bond donors (Lipinski definition) is 2. The van der Waals surface area contributed by atoms with Crippen LogP contribution in [0.2, 0.25) is 5.02 Å². The van der Waals surface area contributed by atoms with Crippen LogP contribution in [0.5, 0.6) is 0 Å². The first-order valence-corrected chi connectivity index (χ1v) is 12.1. The standard InChI is InChI=1S/C20H22ClN3O4S2/c1-4-24(5-2)30(27,28)18-11-14(7-8-15(18)21)22-20(26)13-6-9-17-16(10-13)23-19(25)12(3)29-17/h6-12H,4-5H2,1-3H3,(H,22,26)(H,23,25)/t12-/m1/s1. The number of hydrogen-bond acceptors (Lipinski definition) is 5. The maximum atomic E-state index is 12.8. The average molecular weight is 468 g/mol. The van der Waals surface area contributed by atoms with Crippen molar-refractivity contribution in [3.63, 3.8) is 0 Å². The van der Waals surface area contributed by atoms with Crippen molar-refractivity contribution in [3.05, 3.63) is 47.0 Å². The fourth-order valence-electron chi connectivity index (χ4n) is 3.03. The number of rotatable bonds is 6. The molecule has 0 saturated heterocycles. The molecule has 0 saturated carbocycles. The molecule has 0 aliphatic carbocycles. The molecule has 0 bridgehead atoms. The molecule has 1 heterocycles. The number of nitrogens with zero attached hydrogens (tertiary/aromatic N) is 1. The Balaban J connectivity index is 1.86. The van der Waals surface area contributed by atoms with Crippen molar-refractivity contribution in [2.24, 2.45) is 0 Å². The van der Waals surface area contributed by atoms with Gasteiger partial charge in [-0.15, -0.1) is 11.8 Å². The third-order valence-corrected chi connectivity index (χ3v) is 8.39. The summed E-state index contributed by atoms with van der Waals surface area (Å²) in [6.45, 7) is 5.92. The van der Waals surface area contributed by atoms with Crippen molar-refractivity contribution < 1.29 is 18.0 Å². The zero-order chi connectivity index (χ0) is 22.1. The lowest BCUT2D eigenvalue weighted by Gasteiger charge is -2.22. The minimum absolute atomic E-state index is 0.0613. The van der Waals surface area contributed by atoms with Crippen LogP contribution in [0.3, 0.4) is 0 Å². The van der Waals surface area contributed by atoms with E-state index in [1.807, 2.05) is 6.92 Å². The van der Waals surface area contributed by atoms with Crippen LogP contribution in [-0.2, 0) is 14.8 Å². The molecule has 0 spiro atoms. The predicted octanol–water partition coefficient (Wildman–Crippen LogP) is 4.06. The summed E-state index contributed by atoms with van der Waals surface area (Å²) in [6, 6.07) is 9.38. The van der Waals surface area contributed by atoms with Crippen molar-refractivity contribution in [1.82, 2.24) is 4.31 Å². The van der Waals surface area contributed by atoms with E-state index in [-0.39, 0.29) is 21.1 Å².